The molecule has 182 valence electrons. The zero-order valence-corrected chi connectivity index (χ0v) is 20.9. The van der Waals surface area contributed by atoms with E-state index < -0.39 is 6.04 Å². The van der Waals surface area contributed by atoms with Gasteiger partial charge in [0.25, 0.3) is 0 Å². The Morgan fingerprint density at radius 2 is 1.62 bits per heavy atom. The molecule has 0 saturated carbocycles. The first-order chi connectivity index (χ1) is 16.2. The van der Waals surface area contributed by atoms with Crippen molar-refractivity contribution < 1.29 is 14.3 Å². The summed E-state index contributed by atoms with van der Waals surface area (Å²) in [6, 6.07) is 15.4. The van der Waals surface area contributed by atoms with Gasteiger partial charge in [-0.3, -0.25) is 9.59 Å². The first-order valence-electron chi connectivity index (χ1n) is 12.1. The normalized spacial score (nSPS) is 13.1. The van der Waals surface area contributed by atoms with Crippen molar-refractivity contribution >= 4 is 22.7 Å². The number of aromatic amines is 1. The zero-order valence-electron chi connectivity index (χ0n) is 20.9. The van der Waals surface area contributed by atoms with Crippen LogP contribution in [0.1, 0.15) is 52.2 Å². The number of hydrogen-bond donors (Lipinski definition) is 3. The summed E-state index contributed by atoms with van der Waals surface area (Å²) in [4.78, 5) is 28.9. The van der Waals surface area contributed by atoms with E-state index in [1.54, 1.807) is 0 Å². The van der Waals surface area contributed by atoms with Crippen molar-refractivity contribution in [3.05, 3.63) is 65.9 Å². The van der Waals surface area contributed by atoms with Crippen LogP contribution in [0.25, 0.3) is 10.9 Å². The standard InChI is InChI=1S/C28H37N3O3/c1-18(2)27(32)31-26(16-22-17-29-25-9-7-6-8-24(22)25)28(33)30-20(5)10-11-21-12-14-23(15-13-21)34-19(3)4/h6-9,12-15,17-20,26,29H,10-11,16H2,1-5H3,(H,30,33)(H,31,32). The average Bonchev–Trinajstić information content (AvgIpc) is 3.20. The van der Waals surface area contributed by atoms with Crippen molar-refractivity contribution in [3.63, 3.8) is 0 Å². The fourth-order valence-electron chi connectivity index (χ4n) is 3.87. The SMILES string of the molecule is CC(CCc1ccc(OC(C)C)cc1)NC(=O)C(Cc1c[nH]c2ccccc12)NC(=O)C(C)C. The number of aryl methyl sites for hydroxylation is 1. The number of aromatic nitrogens is 1. The molecule has 34 heavy (non-hydrogen) atoms. The Kier molecular flexibility index (Phi) is 8.74. The number of fused-ring (bicyclic) bond motifs is 1. The van der Waals surface area contributed by atoms with E-state index in [1.807, 2.05) is 77.2 Å². The second kappa shape index (κ2) is 11.7. The molecule has 6 heteroatoms. The summed E-state index contributed by atoms with van der Waals surface area (Å²) < 4.78 is 5.70. The number of para-hydroxylation sites is 1. The second-order valence-corrected chi connectivity index (χ2v) is 9.54. The highest BCUT2D eigenvalue weighted by atomic mass is 16.5. The topological polar surface area (TPSA) is 83.2 Å². The van der Waals surface area contributed by atoms with Crippen LogP contribution in [0, 0.1) is 5.92 Å². The van der Waals surface area contributed by atoms with Crippen molar-refractivity contribution in [1.29, 1.82) is 0 Å². The van der Waals surface area contributed by atoms with Crippen molar-refractivity contribution in [2.45, 2.75) is 72.1 Å². The molecule has 3 N–H and O–H groups in total. The van der Waals surface area contributed by atoms with E-state index in [0.29, 0.717) is 6.42 Å². The molecule has 0 bridgehead atoms. The van der Waals surface area contributed by atoms with Gasteiger partial charge in [-0.15, -0.1) is 0 Å². The van der Waals surface area contributed by atoms with Crippen LogP contribution in [0.15, 0.2) is 54.7 Å². The maximum Gasteiger partial charge on any atom is 0.243 e. The molecule has 1 heterocycles. The van der Waals surface area contributed by atoms with Crippen LogP contribution in [-0.2, 0) is 22.4 Å². The second-order valence-electron chi connectivity index (χ2n) is 9.54. The minimum atomic E-state index is -0.635. The lowest BCUT2D eigenvalue weighted by atomic mass is 10.0. The summed E-state index contributed by atoms with van der Waals surface area (Å²) in [6.07, 6.45) is 4.14. The van der Waals surface area contributed by atoms with Crippen molar-refractivity contribution in [3.8, 4) is 5.75 Å². The van der Waals surface area contributed by atoms with Crippen LogP contribution in [0.5, 0.6) is 5.75 Å². The van der Waals surface area contributed by atoms with Crippen LogP contribution < -0.4 is 15.4 Å². The van der Waals surface area contributed by atoms with Crippen LogP contribution in [0.2, 0.25) is 0 Å². The van der Waals surface area contributed by atoms with Gasteiger partial charge in [-0.1, -0.05) is 44.2 Å². The number of carbonyl (C=O) groups is 2. The van der Waals surface area contributed by atoms with Crippen LogP contribution in [-0.4, -0.2) is 35.0 Å². The Labute approximate surface area is 202 Å². The molecule has 0 radical (unpaired) electrons. The zero-order chi connectivity index (χ0) is 24.7. The lowest BCUT2D eigenvalue weighted by Gasteiger charge is -2.22. The summed E-state index contributed by atoms with van der Waals surface area (Å²) in [6.45, 7) is 9.68. The first-order valence-corrected chi connectivity index (χ1v) is 12.1. The highest BCUT2D eigenvalue weighted by Gasteiger charge is 2.24. The predicted molar refractivity (Wildman–Crippen MR) is 137 cm³/mol. The first kappa shape index (κ1) is 25.3. The number of benzene rings is 2. The summed E-state index contributed by atoms with van der Waals surface area (Å²) in [7, 11) is 0. The van der Waals surface area contributed by atoms with Gasteiger partial charge in [0.2, 0.25) is 11.8 Å². The number of nitrogens with one attached hydrogen (secondary N) is 3. The minimum absolute atomic E-state index is 0.0273. The third kappa shape index (κ3) is 7.11. The highest BCUT2D eigenvalue weighted by molar-refractivity contribution is 5.90. The Hall–Kier alpha value is -3.28. The molecule has 6 nitrogen and oxygen atoms in total. The lowest BCUT2D eigenvalue weighted by molar-refractivity contribution is -0.130. The van der Waals surface area contributed by atoms with Crippen LogP contribution >= 0.6 is 0 Å². The largest absolute Gasteiger partial charge is 0.491 e. The van der Waals surface area contributed by atoms with Gasteiger partial charge < -0.3 is 20.4 Å². The van der Waals surface area contributed by atoms with E-state index >= 15 is 0 Å². The average molecular weight is 464 g/mol. The third-order valence-corrected chi connectivity index (χ3v) is 5.81. The molecule has 2 atom stereocenters. The van der Waals surface area contributed by atoms with E-state index in [4.69, 9.17) is 4.74 Å². The van der Waals surface area contributed by atoms with E-state index in [1.165, 1.54) is 5.56 Å². The maximum atomic E-state index is 13.2. The molecule has 2 unspecified atom stereocenters. The number of amides is 2. The monoisotopic (exact) mass is 463 g/mol. The lowest BCUT2D eigenvalue weighted by Crippen LogP contribution is -2.51. The Morgan fingerprint density at radius 3 is 2.29 bits per heavy atom. The molecule has 0 saturated heterocycles. The molecule has 0 spiro atoms. The molecule has 0 aliphatic carbocycles. The van der Waals surface area contributed by atoms with Crippen molar-refractivity contribution in [2.75, 3.05) is 0 Å². The Balaban J connectivity index is 1.61. The summed E-state index contributed by atoms with van der Waals surface area (Å²) in [5, 5.41) is 7.11. The van der Waals surface area contributed by atoms with E-state index in [-0.39, 0.29) is 29.9 Å². The van der Waals surface area contributed by atoms with Gasteiger partial charge in [-0.05, 0) is 62.9 Å². The summed E-state index contributed by atoms with van der Waals surface area (Å²) in [5.74, 6) is 0.378. The number of ether oxygens (including phenoxy) is 1. The summed E-state index contributed by atoms with van der Waals surface area (Å²) >= 11 is 0. The minimum Gasteiger partial charge on any atom is -0.491 e. The van der Waals surface area contributed by atoms with E-state index in [2.05, 4.69) is 27.8 Å². The van der Waals surface area contributed by atoms with Gasteiger partial charge in [0.05, 0.1) is 6.10 Å². The molecule has 2 aromatic carbocycles. The number of carbonyl (C=O) groups excluding carboxylic acids is 2. The van der Waals surface area contributed by atoms with Crippen LogP contribution in [0.3, 0.4) is 0 Å². The van der Waals surface area contributed by atoms with E-state index in [0.717, 1.165) is 35.1 Å². The highest BCUT2D eigenvalue weighted by Crippen LogP contribution is 2.20. The fraction of sp³-hybridized carbons (Fsp3) is 0.429. The van der Waals surface area contributed by atoms with Crippen LogP contribution in [0.4, 0.5) is 0 Å². The van der Waals surface area contributed by atoms with Gasteiger partial charge in [0.1, 0.15) is 11.8 Å². The quantitative estimate of drug-likeness (QED) is 0.383. The van der Waals surface area contributed by atoms with Gasteiger partial charge in [-0.2, -0.15) is 0 Å². The number of rotatable bonds is 11. The van der Waals surface area contributed by atoms with Gasteiger partial charge >= 0.3 is 0 Å². The maximum absolute atomic E-state index is 13.2. The van der Waals surface area contributed by atoms with Gasteiger partial charge in [0, 0.05) is 35.5 Å². The molecule has 1 aromatic heterocycles. The molecule has 3 aromatic rings. The predicted octanol–water partition coefficient (Wildman–Crippen LogP) is 4.78. The van der Waals surface area contributed by atoms with Gasteiger partial charge in [-0.25, -0.2) is 0 Å². The molecular formula is C28H37N3O3. The number of hydrogen-bond acceptors (Lipinski definition) is 3. The van der Waals surface area contributed by atoms with E-state index in [9.17, 15) is 9.59 Å². The molecular weight excluding hydrogens is 426 g/mol. The smallest absolute Gasteiger partial charge is 0.243 e. The molecule has 2 amide bonds. The van der Waals surface area contributed by atoms with Crippen molar-refractivity contribution in [2.24, 2.45) is 5.92 Å². The Bertz CT molecular complexity index is 1090. The molecule has 0 aliphatic rings. The molecule has 0 aliphatic heterocycles. The number of H-pyrrole nitrogens is 1. The fourth-order valence-corrected chi connectivity index (χ4v) is 3.87. The third-order valence-electron chi connectivity index (χ3n) is 5.81. The van der Waals surface area contributed by atoms with Crippen molar-refractivity contribution in [1.82, 2.24) is 15.6 Å². The summed E-state index contributed by atoms with van der Waals surface area (Å²) in [5.41, 5.74) is 3.22. The molecule has 0 fully saturated rings. The molecule has 3 rings (SSSR count). The van der Waals surface area contributed by atoms with Gasteiger partial charge in [0.15, 0.2) is 0 Å². The Morgan fingerprint density at radius 1 is 0.912 bits per heavy atom.